The third-order valence-electron chi connectivity index (χ3n) is 5.71. The maximum atomic E-state index is 12.8. The Morgan fingerprint density at radius 1 is 1.21 bits per heavy atom. The molecule has 0 bridgehead atoms. The molecule has 6 nitrogen and oxygen atoms in total. The molecule has 4 heterocycles. The highest BCUT2D eigenvalue weighted by atomic mass is 35.5. The Kier molecular flexibility index (Phi) is 4.81. The van der Waals surface area contributed by atoms with Crippen LogP contribution in [0.3, 0.4) is 0 Å². The molecule has 1 N–H and O–H groups in total. The molecule has 0 atom stereocenters. The highest BCUT2D eigenvalue weighted by Gasteiger charge is 2.16. The quantitative estimate of drug-likeness (QED) is 0.496. The van der Waals surface area contributed by atoms with Crippen molar-refractivity contribution in [1.29, 1.82) is 0 Å². The van der Waals surface area contributed by atoms with Gasteiger partial charge < -0.3 is 14.3 Å². The second-order valence-corrected chi connectivity index (χ2v) is 8.19. The molecule has 0 spiro atoms. The lowest BCUT2D eigenvalue weighted by Gasteiger charge is -2.25. The van der Waals surface area contributed by atoms with Crippen molar-refractivity contribution in [1.82, 2.24) is 24.3 Å². The molecule has 0 saturated heterocycles. The lowest BCUT2D eigenvalue weighted by molar-refractivity contribution is 0.301. The summed E-state index contributed by atoms with van der Waals surface area (Å²) in [7, 11) is 0. The van der Waals surface area contributed by atoms with E-state index in [0.717, 1.165) is 35.7 Å². The van der Waals surface area contributed by atoms with Crippen LogP contribution in [-0.4, -0.2) is 25.5 Å². The zero-order valence-corrected chi connectivity index (χ0v) is 16.8. The summed E-state index contributed by atoms with van der Waals surface area (Å²) in [5, 5.41) is 5.28. The van der Waals surface area contributed by atoms with E-state index in [9.17, 15) is 4.79 Å². The first-order chi connectivity index (χ1) is 14.2. The fourth-order valence-corrected chi connectivity index (χ4v) is 4.01. The van der Waals surface area contributed by atoms with Gasteiger partial charge >= 0.3 is 0 Å². The molecule has 1 aliphatic rings. The van der Waals surface area contributed by atoms with E-state index in [0.29, 0.717) is 17.1 Å². The van der Waals surface area contributed by atoms with Crippen LogP contribution in [0.1, 0.15) is 30.5 Å². The van der Waals surface area contributed by atoms with Gasteiger partial charge in [0.15, 0.2) is 0 Å². The average molecular weight is 408 g/mol. The Labute approximate surface area is 173 Å². The summed E-state index contributed by atoms with van der Waals surface area (Å²) >= 11 is 5.92. The van der Waals surface area contributed by atoms with Gasteiger partial charge in [0.2, 0.25) is 0 Å². The molecule has 29 heavy (non-hydrogen) atoms. The lowest BCUT2D eigenvalue weighted by atomic mass is 9.85. The van der Waals surface area contributed by atoms with E-state index in [1.54, 1.807) is 16.8 Å². The van der Waals surface area contributed by atoms with Gasteiger partial charge in [0.1, 0.15) is 10.8 Å². The van der Waals surface area contributed by atoms with Crippen LogP contribution in [0.25, 0.3) is 16.4 Å². The number of pyridine rings is 3. The topological polar surface area (TPSA) is 64.2 Å². The van der Waals surface area contributed by atoms with Crippen LogP contribution in [0.4, 0.5) is 0 Å². The second kappa shape index (κ2) is 7.61. The number of hydrogen-bond donors (Lipinski definition) is 1. The molecule has 7 heteroatoms. The van der Waals surface area contributed by atoms with Gasteiger partial charge in [-0.1, -0.05) is 24.1 Å². The van der Waals surface area contributed by atoms with Crippen LogP contribution in [-0.2, 0) is 13.1 Å². The van der Waals surface area contributed by atoms with Crippen molar-refractivity contribution >= 4 is 28.0 Å². The summed E-state index contributed by atoms with van der Waals surface area (Å²) in [5.41, 5.74) is 2.86. The summed E-state index contributed by atoms with van der Waals surface area (Å²) in [6, 6.07) is 7.72. The van der Waals surface area contributed by atoms with Crippen molar-refractivity contribution in [3.63, 3.8) is 0 Å². The fraction of sp³-hybridized carbons (Fsp3) is 0.318. The molecule has 0 amide bonds. The third-order valence-corrected chi connectivity index (χ3v) is 5.92. The number of fused-ring (bicyclic) bond motifs is 2. The van der Waals surface area contributed by atoms with E-state index < -0.39 is 0 Å². The highest BCUT2D eigenvalue weighted by molar-refractivity contribution is 6.30. The van der Waals surface area contributed by atoms with E-state index in [-0.39, 0.29) is 5.56 Å². The lowest BCUT2D eigenvalue weighted by Crippen LogP contribution is -2.26. The second-order valence-electron chi connectivity index (χ2n) is 7.81. The number of aromatic nitrogens is 4. The van der Waals surface area contributed by atoms with Crippen LogP contribution in [0.5, 0.6) is 0 Å². The van der Waals surface area contributed by atoms with Gasteiger partial charge in [-0.2, -0.15) is 0 Å². The minimum absolute atomic E-state index is 0.0930. The van der Waals surface area contributed by atoms with Crippen molar-refractivity contribution in [2.75, 3.05) is 6.54 Å². The predicted octanol–water partition coefficient (Wildman–Crippen LogP) is 3.64. The van der Waals surface area contributed by atoms with Crippen LogP contribution in [0.15, 0.2) is 53.8 Å². The molecule has 1 aliphatic carbocycles. The Bertz CT molecular complexity index is 1240. The molecule has 148 valence electrons. The molecule has 0 radical (unpaired) electrons. The first-order valence-electron chi connectivity index (χ1n) is 9.98. The molecule has 5 rings (SSSR count). The van der Waals surface area contributed by atoms with E-state index in [1.807, 2.05) is 22.7 Å². The minimum atomic E-state index is -0.0930. The largest absolute Gasteiger partial charge is 0.312 e. The Hall–Kier alpha value is -2.70. The summed E-state index contributed by atoms with van der Waals surface area (Å²) in [6.45, 7) is 2.37. The number of imidazole rings is 1. The molecule has 0 aliphatic heterocycles. The number of hydrogen-bond acceptors (Lipinski definition) is 4. The smallest absolute Gasteiger partial charge is 0.260 e. The molecule has 4 aromatic rings. The summed E-state index contributed by atoms with van der Waals surface area (Å²) in [5.74, 6) is 0.852. The number of nitrogens with one attached hydrogen (secondary N) is 1. The van der Waals surface area contributed by atoms with Gasteiger partial charge in [0, 0.05) is 31.3 Å². The van der Waals surface area contributed by atoms with E-state index in [1.165, 1.54) is 31.0 Å². The SMILES string of the molecule is O=c1c2cnc(Cl)cc2ccn1Cc1cn2cc(CNCC3CCC3)ccc2n1. The number of rotatable bonds is 6. The molecule has 1 fully saturated rings. The molecular weight excluding hydrogens is 386 g/mol. The van der Waals surface area contributed by atoms with E-state index >= 15 is 0 Å². The van der Waals surface area contributed by atoms with E-state index in [2.05, 4.69) is 27.5 Å². The maximum Gasteiger partial charge on any atom is 0.260 e. The van der Waals surface area contributed by atoms with Crippen molar-refractivity contribution in [2.45, 2.75) is 32.4 Å². The van der Waals surface area contributed by atoms with Gasteiger partial charge in [0.05, 0.1) is 17.6 Å². The minimum Gasteiger partial charge on any atom is -0.312 e. The molecule has 1 saturated carbocycles. The summed E-state index contributed by atoms with van der Waals surface area (Å²) < 4.78 is 3.68. The van der Waals surface area contributed by atoms with Crippen molar-refractivity contribution in [2.24, 2.45) is 5.92 Å². The van der Waals surface area contributed by atoms with Crippen LogP contribution in [0, 0.1) is 5.92 Å². The number of nitrogens with zero attached hydrogens (tertiary/aromatic N) is 4. The van der Waals surface area contributed by atoms with Crippen molar-refractivity contribution in [3.05, 3.63) is 75.8 Å². The number of halogens is 1. The van der Waals surface area contributed by atoms with Gasteiger partial charge in [-0.05, 0) is 54.5 Å². The van der Waals surface area contributed by atoms with E-state index in [4.69, 9.17) is 11.6 Å². The molecule has 4 aromatic heterocycles. The van der Waals surface area contributed by atoms with Crippen molar-refractivity contribution in [3.8, 4) is 0 Å². The monoisotopic (exact) mass is 407 g/mol. The molecular formula is C22H22ClN5O. The van der Waals surface area contributed by atoms with Crippen LogP contribution >= 0.6 is 11.6 Å². The highest BCUT2D eigenvalue weighted by Crippen LogP contribution is 2.25. The standard InChI is InChI=1S/C22H22ClN5O/c23-20-8-17-6-7-27(22(29)19(17)11-25-20)13-18-14-28-12-16(4-5-21(28)26-18)10-24-9-15-2-1-3-15/h4-8,11-12,14-15,24H,1-3,9-10,13H2. The first kappa shape index (κ1) is 18.3. The average Bonchev–Trinajstić information content (AvgIpc) is 3.07. The van der Waals surface area contributed by atoms with Gasteiger partial charge in [0.25, 0.3) is 5.56 Å². The zero-order valence-electron chi connectivity index (χ0n) is 16.0. The Balaban J connectivity index is 1.35. The normalized spacial score (nSPS) is 14.5. The van der Waals surface area contributed by atoms with Crippen LogP contribution < -0.4 is 10.9 Å². The predicted molar refractivity (Wildman–Crippen MR) is 114 cm³/mol. The van der Waals surface area contributed by atoms with Gasteiger partial charge in [-0.15, -0.1) is 0 Å². The maximum absolute atomic E-state index is 12.8. The van der Waals surface area contributed by atoms with Gasteiger partial charge in [-0.3, -0.25) is 4.79 Å². The Morgan fingerprint density at radius 2 is 2.10 bits per heavy atom. The molecule has 0 aromatic carbocycles. The Morgan fingerprint density at radius 3 is 2.93 bits per heavy atom. The third kappa shape index (κ3) is 3.78. The van der Waals surface area contributed by atoms with Crippen LogP contribution in [0.2, 0.25) is 5.15 Å². The van der Waals surface area contributed by atoms with Gasteiger partial charge in [-0.25, -0.2) is 9.97 Å². The summed E-state index contributed by atoms with van der Waals surface area (Å²) in [6.07, 6.45) is 11.5. The molecule has 0 unspecified atom stereocenters. The zero-order chi connectivity index (χ0) is 19.8. The summed E-state index contributed by atoms with van der Waals surface area (Å²) in [4.78, 5) is 21.4. The first-order valence-corrected chi connectivity index (χ1v) is 10.4. The van der Waals surface area contributed by atoms with Crippen molar-refractivity contribution < 1.29 is 0 Å². The fourth-order valence-electron chi connectivity index (χ4n) is 3.84.